The van der Waals surface area contributed by atoms with Gasteiger partial charge in [0, 0.05) is 49.9 Å². The molecule has 1 saturated heterocycles. The van der Waals surface area contributed by atoms with Crippen molar-refractivity contribution in [3.63, 3.8) is 0 Å². The van der Waals surface area contributed by atoms with Crippen LogP contribution in [0.5, 0.6) is 0 Å². The van der Waals surface area contributed by atoms with Gasteiger partial charge in [-0.2, -0.15) is 5.10 Å². The number of rotatable bonds is 9. The topological polar surface area (TPSA) is 70.5 Å². The summed E-state index contributed by atoms with van der Waals surface area (Å²) in [6, 6.07) is 0. The predicted molar refractivity (Wildman–Crippen MR) is 125 cm³/mol. The molecule has 2 amide bonds. The Kier molecular flexibility index (Phi) is 8.69. The number of nitrogens with zero attached hydrogens (tertiary/aromatic N) is 4. The van der Waals surface area contributed by atoms with Crippen molar-refractivity contribution in [2.24, 2.45) is 17.3 Å². The van der Waals surface area contributed by atoms with E-state index in [4.69, 9.17) is 0 Å². The van der Waals surface area contributed by atoms with Gasteiger partial charge in [-0.15, -0.1) is 0 Å². The summed E-state index contributed by atoms with van der Waals surface area (Å²) < 4.78 is 2.02. The van der Waals surface area contributed by atoms with Crippen LogP contribution in [0.25, 0.3) is 0 Å². The number of piperidine rings is 1. The van der Waals surface area contributed by atoms with Gasteiger partial charge in [0.25, 0.3) is 0 Å². The van der Waals surface area contributed by atoms with Crippen LogP contribution in [0.4, 0.5) is 0 Å². The minimum atomic E-state index is -0.00327. The molecule has 7 nitrogen and oxygen atoms in total. The standard InChI is InChI=1S/C24H43N5O2/c1-17(2)14-29-19(4)21(18(3)26-29)13-22(30)28-11-9-20(10-12-28)23(31)25-15-24(5,6)16-27(7)8/h17,20H,9-16H2,1-8H3,(H,25,31). The van der Waals surface area contributed by atoms with Gasteiger partial charge < -0.3 is 15.1 Å². The Bertz CT molecular complexity index is 758. The first-order valence-electron chi connectivity index (χ1n) is 11.6. The average Bonchev–Trinajstić information content (AvgIpc) is 2.92. The number of hydrogen-bond donors (Lipinski definition) is 1. The van der Waals surface area contributed by atoms with Gasteiger partial charge >= 0.3 is 0 Å². The maximum Gasteiger partial charge on any atom is 0.227 e. The van der Waals surface area contributed by atoms with Gasteiger partial charge in [0.1, 0.15) is 0 Å². The first-order valence-corrected chi connectivity index (χ1v) is 11.6. The molecule has 0 saturated carbocycles. The van der Waals surface area contributed by atoms with Crippen LogP contribution in [-0.4, -0.2) is 71.7 Å². The summed E-state index contributed by atoms with van der Waals surface area (Å²) >= 11 is 0. The van der Waals surface area contributed by atoms with Crippen molar-refractivity contribution in [1.82, 2.24) is 24.9 Å². The molecule has 0 radical (unpaired) electrons. The lowest BCUT2D eigenvalue weighted by molar-refractivity contribution is -0.135. The van der Waals surface area contributed by atoms with Gasteiger partial charge in [-0.3, -0.25) is 14.3 Å². The SMILES string of the molecule is Cc1nn(CC(C)C)c(C)c1CC(=O)N1CCC(C(=O)NCC(C)(C)CN(C)C)CC1. The van der Waals surface area contributed by atoms with E-state index in [9.17, 15) is 9.59 Å². The molecule has 0 atom stereocenters. The van der Waals surface area contributed by atoms with E-state index in [2.05, 4.69) is 64.0 Å². The van der Waals surface area contributed by atoms with Crippen LogP contribution >= 0.6 is 0 Å². The monoisotopic (exact) mass is 433 g/mol. The van der Waals surface area contributed by atoms with E-state index in [-0.39, 0.29) is 23.1 Å². The van der Waals surface area contributed by atoms with E-state index in [0.29, 0.717) is 32.0 Å². The molecule has 2 rings (SSSR count). The average molecular weight is 434 g/mol. The fourth-order valence-corrected chi connectivity index (χ4v) is 4.55. The minimum absolute atomic E-state index is 0.00327. The van der Waals surface area contributed by atoms with Crippen molar-refractivity contribution in [1.29, 1.82) is 0 Å². The van der Waals surface area contributed by atoms with E-state index in [1.54, 1.807) is 0 Å². The first kappa shape index (κ1) is 25.4. The number of hydrogen-bond acceptors (Lipinski definition) is 4. The number of carbonyl (C=O) groups excluding carboxylic acids is 2. The zero-order valence-corrected chi connectivity index (χ0v) is 20.9. The Labute approximate surface area is 188 Å². The van der Waals surface area contributed by atoms with Gasteiger partial charge in [-0.1, -0.05) is 27.7 Å². The van der Waals surface area contributed by atoms with Gasteiger partial charge in [-0.25, -0.2) is 0 Å². The van der Waals surface area contributed by atoms with Crippen molar-refractivity contribution in [3.05, 3.63) is 17.0 Å². The van der Waals surface area contributed by atoms with Crippen molar-refractivity contribution in [2.75, 3.05) is 40.3 Å². The highest BCUT2D eigenvalue weighted by atomic mass is 16.2. The number of aryl methyl sites for hydroxylation is 1. The van der Waals surface area contributed by atoms with E-state index in [0.717, 1.165) is 42.9 Å². The molecular weight excluding hydrogens is 390 g/mol. The third-order valence-electron chi connectivity index (χ3n) is 6.10. The molecule has 31 heavy (non-hydrogen) atoms. The fraction of sp³-hybridized carbons (Fsp3) is 0.792. The third kappa shape index (κ3) is 7.34. The Hall–Kier alpha value is -1.89. The quantitative estimate of drug-likeness (QED) is 0.650. The number of amides is 2. The van der Waals surface area contributed by atoms with Gasteiger partial charge in [-0.05, 0) is 52.1 Å². The second-order valence-corrected chi connectivity index (χ2v) is 10.7. The van der Waals surface area contributed by atoms with Crippen molar-refractivity contribution < 1.29 is 9.59 Å². The molecule has 176 valence electrons. The molecule has 1 fully saturated rings. The molecule has 0 aliphatic carbocycles. The summed E-state index contributed by atoms with van der Waals surface area (Å²) in [5.74, 6) is 0.776. The van der Waals surface area contributed by atoms with Crippen LogP contribution in [0, 0.1) is 31.1 Å². The van der Waals surface area contributed by atoms with Crippen LogP contribution in [0.15, 0.2) is 0 Å². The van der Waals surface area contributed by atoms with E-state index >= 15 is 0 Å². The summed E-state index contributed by atoms with van der Waals surface area (Å²) in [6.07, 6.45) is 1.86. The van der Waals surface area contributed by atoms with Crippen LogP contribution in [0.1, 0.15) is 57.5 Å². The molecule has 7 heteroatoms. The van der Waals surface area contributed by atoms with Crippen LogP contribution in [0.2, 0.25) is 0 Å². The van der Waals surface area contributed by atoms with E-state index in [1.807, 2.05) is 16.5 Å². The van der Waals surface area contributed by atoms with E-state index < -0.39 is 0 Å². The van der Waals surface area contributed by atoms with Crippen LogP contribution in [0.3, 0.4) is 0 Å². The maximum absolute atomic E-state index is 12.9. The zero-order chi connectivity index (χ0) is 23.3. The van der Waals surface area contributed by atoms with Crippen molar-refractivity contribution in [2.45, 2.75) is 67.3 Å². The minimum Gasteiger partial charge on any atom is -0.355 e. The highest BCUT2D eigenvalue weighted by Gasteiger charge is 2.29. The highest BCUT2D eigenvalue weighted by Crippen LogP contribution is 2.21. The lowest BCUT2D eigenvalue weighted by Crippen LogP contribution is -2.46. The smallest absolute Gasteiger partial charge is 0.227 e. The molecule has 0 aromatic carbocycles. The zero-order valence-electron chi connectivity index (χ0n) is 20.9. The Morgan fingerprint density at radius 2 is 1.81 bits per heavy atom. The Morgan fingerprint density at radius 3 is 2.35 bits per heavy atom. The number of nitrogens with one attached hydrogen (secondary N) is 1. The fourth-order valence-electron chi connectivity index (χ4n) is 4.55. The number of carbonyl (C=O) groups is 2. The maximum atomic E-state index is 12.9. The molecule has 0 spiro atoms. The first-order chi connectivity index (χ1) is 14.4. The number of likely N-dealkylation sites (tertiary alicyclic amines) is 1. The second kappa shape index (κ2) is 10.6. The third-order valence-corrected chi connectivity index (χ3v) is 6.10. The van der Waals surface area contributed by atoms with Gasteiger partial charge in [0.15, 0.2) is 0 Å². The molecule has 1 aliphatic rings. The highest BCUT2D eigenvalue weighted by molar-refractivity contribution is 5.81. The van der Waals surface area contributed by atoms with Gasteiger partial charge in [0.2, 0.25) is 11.8 Å². The Balaban J connectivity index is 1.85. The molecular formula is C24H43N5O2. The lowest BCUT2D eigenvalue weighted by atomic mass is 9.91. The predicted octanol–water partition coefficient (Wildman–Crippen LogP) is 2.64. The van der Waals surface area contributed by atoms with Gasteiger partial charge in [0.05, 0.1) is 12.1 Å². The molecule has 0 bridgehead atoms. The summed E-state index contributed by atoms with van der Waals surface area (Å²) in [7, 11) is 4.10. The largest absolute Gasteiger partial charge is 0.355 e. The molecule has 1 aromatic heterocycles. The molecule has 1 N–H and O–H groups in total. The summed E-state index contributed by atoms with van der Waals surface area (Å²) in [4.78, 5) is 29.6. The van der Waals surface area contributed by atoms with Crippen LogP contribution < -0.4 is 5.32 Å². The van der Waals surface area contributed by atoms with Crippen LogP contribution in [-0.2, 0) is 22.6 Å². The summed E-state index contributed by atoms with van der Waals surface area (Å²) in [5.41, 5.74) is 3.12. The summed E-state index contributed by atoms with van der Waals surface area (Å²) in [6.45, 7) is 16.5. The van der Waals surface area contributed by atoms with E-state index in [1.165, 1.54) is 0 Å². The molecule has 1 aliphatic heterocycles. The summed E-state index contributed by atoms with van der Waals surface area (Å²) in [5, 5.41) is 7.77. The number of aromatic nitrogens is 2. The van der Waals surface area contributed by atoms with Crippen molar-refractivity contribution in [3.8, 4) is 0 Å². The van der Waals surface area contributed by atoms with Crippen molar-refractivity contribution >= 4 is 11.8 Å². The Morgan fingerprint density at radius 1 is 1.19 bits per heavy atom. The lowest BCUT2D eigenvalue weighted by Gasteiger charge is -2.33. The molecule has 0 unspecified atom stereocenters. The molecule has 2 heterocycles. The second-order valence-electron chi connectivity index (χ2n) is 10.7. The normalized spacial score (nSPS) is 15.7. The molecule has 1 aromatic rings.